The van der Waals surface area contributed by atoms with Gasteiger partial charge in [0.2, 0.25) is 5.91 Å². The van der Waals surface area contributed by atoms with Gasteiger partial charge in [-0.25, -0.2) is 13.8 Å². The van der Waals surface area contributed by atoms with Gasteiger partial charge in [0.1, 0.15) is 17.3 Å². The Morgan fingerprint density at radius 2 is 1.83 bits per heavy atom. The molecule has 1 amide bonds. The molecule has 1 fully saturated rings. The summed E-state index contributed by atoms with van der Waals surface area (Å²) >= 11 is 0. The molecule has 1 aliphatic heterocycles. The van der Waals surface area contributed by atoms with E-state index >= 15 is 0 Å². The molecule has 0 aromatic heterocycles. The third kappa shape index (κ3) is 5.68. The number of nitrogens with one attached hydrogen (secondary N) is 2. The molecule has 0 saturated carbocycles. The number of carbonyl (C=O) groups is 1. The van der Waals surface area contributed by atoms with Crippen LogP contribution in [0.2, 0.25) is 0 Å². The molecule has 30 heavy (non-hydrogen) atoms. The van der Waals surface area contributed by atoms with Crippen molar-refractivity contribution in [3.63, 3.8) is 0 Å². The highest BCUT2D eigenvalue weighted by Gasteiger charge is 2.27. The van der Waals surface area contributed by atoms with Gasteiger partial charge in [0.05, 0.1) is 13.1 Å². The molecule has 3 rings (SSSR count). The summed E-state index contributed by atoms with van der Waals surface area (Å²) in [5.41, 5.74) is 1.04. The van der Waals surface area contributed by atoms with Gasteiger partial charge >= 0.3 is 0 Å². The Kier molecular flexibility index (Phi) is 7.21. The summed E-state index contributed by atoms with van der Waals surface area (Å²) in [4.78, 5) is 19.7. The fraction of sp³-hybridized carbons (Fsp3) is 0.364. The zero-order valence-corrected chi connectivity index (χ0v) is 17.2. The number of amides is 1. The minimum absolute atomic E-state index is 0.000295. The molecule has 0 bridgehead atoms. The van der Waals surface area contributed by atoms with Gasteiger partial charge in [0.25, 0.3) is 0 Å². The average Bonchev–Trinajstić information content (AvgIpc) is 3.18. The maximum Gasteiger partial charge on any atom is 0.241 e. The zero-order valence-electron chi connectivity index (χ0n) is 17.2. The summed E-state index contributed by atoms with van der Waals surface area (Å²) in [5, 5.41) is 6.36. The van der Waals surface area contributed by atoms with E-state index in [1.807, 2.05) is 30.3 Å². The number of hydrogen-bond donors (Lipinski definition) is 2. The molecule has 0 spiro atoms. The number of carbonyl (C=O) groups excluding carboxylic acids is 1. The second kappa shape index (κ2) is 10.0. The molecule has 2 aromatic carbocycles. The van der Waals surface area contributed by atoms with Gasteiger partial charge < -0.3 is 20.4 Å². The molecule has 1 unspecified atom stereocenters. The molecule has 6 nitrogen and oxygen atoms in total. The Balaban J connectivity index is 1.67. The summed E-state index contributed by atoms with van der Waals surface area (Å²) in [6, 6.07) is 13.6. The number of guanidine groups is 1. The second-order valence-corrected chi connectivity index (χ2v) is 7.44. The molecule has 1 heterocycles. The molecule has 1 saturated heterocycles. The van der Waals surface area contributed by atoms with Crippen LogP contribution in [0.1, 0.15) is 12.0 Å². The van der Waals surface area contributed by atoms with E-state index in [1.54, 1.807) is 19.0 Å². The number of aliphatic imine (C=N–C) groups is 1. The maximum absolute atomic E-state index is 14.1. The Morgan fingerprint density at radius 1 is 1.13 bits per heavy atom. The van der Waals surface area contributed by atoms with Crippen LogP contribution in [0.5, 0.6) is 0 Å². The first-order chi connectivity index (χ1) is 14.4. The standard InChI is InChI=1S/C22H27F2N5O/c1-28(2)20(30)14-26-22(25-13-16-7-4-3-5-8-16)27-17-11-12-29(15-17)21-18(23)9-6-10-19(21)24/h3-10,17H,11-15H2,1-2H3,(H2,25,26,27). The van der Waals surface area contributed by atoms with Crippen LogP contribution in [0.3, 0.4) is 0 Å². The first-order valence-corrected chi connectivity index (χ1v) is 9.92. The molecule has 2 aromatic rings. The van der Waals surface area contributed by atoms with Gasteiger partial charge in [0, 0.05) is 33.2 Å². The molecular formula is C22H27F2N5O. The van der Waals surface area contributed by atoms with Crippen molar-refractivity contribution >= 4 is 17.6 Å². The van der Waals surface area contributed by atoms with Crippen molar-refractivity contribution in [3.8, 4) is 0 Å². The predicted molar refractivity (Wildman–Crippen MR) is 114 cm³/mol. The van der Waals surface area contributed by atoms with E-state index in [4.69, 9.17) is 0 Å². The Bertz CT molecular complexity index is 868. The lowest BCUT2D eigenvalue weighted by Crippen LogP contribution is -2.47. The van der Waals surface area contributed by atoms with Gasteiger partial charge in [-0.1, -0.05) is 36.4 Å². The zero-order chi connectivity index (χ0) is 21.5. The maximum atomic E-state index is 14.1. The third-order valence-electron chi connectivity index (χ3n) is 4.95. The van der Waals surface area contributed by atoms with Gasteiger partial charge in [-0.3, -0.25) is 4.79 Å². The summed E-state index contributed by atoms with van der Waals surface area (Å²) in [7, 11) is 3.38. The Labute approximate surface area is 175 Å². The smallest absolute Gasteiger partial charge is 0.241 e. The van der Waals surface area contributed by atoms with E-state index in [9.17, 15) is 13.6 Å². The summed E-state index contributed by atoms with van der Waals surface area (Å²) in [6.07, 6.45) is 0.696. The van der Waals surface area contributed by atoms with E-state index in [1.165, 1.54) is 23.1 Å². The van der Waals surface area contributed by atoms with Crippen molar-refractivity contribution in [1.82, 2.24) is 15.5 Å². The van der Waals surface area contributed by atoms with E-state index < -0.39 is 11.6 Å². The minimum atomic E-state index is -0.566. The van der Waals surface area contributed by atoms with Crippen molar-refractivity contribution in [2.45, 2.75) is 19.0 Å². The van der Waals surface area contributed by atoms with Gasteiger partial charge in [0.15, 0.2) is 5.96 Å². The number of hydrogen-bond acceptors (Lipinski definition) is 3. The lowest BCUT2D eigenvalue weighted by atomic mass is 10.2. The van der Waals surface area contributed by atoms with Crippen molar-refractivity contribution in [1.29, 1.82) is 0 Å². The number of anilines is 1. The monoisotopic (exact) mass is 415 g/mol. The van der Waals surface area contributed by atoms with Crippen LogP contribution in [-0.4, -0.2) is 56.5 Å². The fourth-order valence-corrected chi connectivity index (χ4v) is 3.29. The number of halogens is 2. The average molecular weight is 415 g/mol. The second-order valence-electron chi connectivity index (χ2n) is 7.44. The molecule has 8 heteroatoms. The molecule has 1 atom stereocenters. The van der Waals surface area contributed by atoms with E-state index in [0.29, 0.717) is 32.0 Å². The molecule has 0 aliphatic carbocycles. The normalized spacial score (nSPS) is 16.5. The number of nitrogens with zero attached hydrogens (tertiary/aromatic N) is 3. The molecule has 0 radical (unpaired) electrons. The Morgan fingerprint density at radius 3 is 2.50 bits per heavy atom. The first-order valence-electron chi connectivity index (χ1n) is 9.92. The van der Waals surface area contributed by atoms with Crippen molar-refractivity contribution in [3.05, 3.63) is 65.7 Å². The highest BCUT2D eigenvalue weighted by Crippen LogP contribution is 2.26. The van der Waals surface area contributed by atoms with Gasteiger partial charge in [-0.2, -0.15) is 0 Å². The lowest BCUT2D eigenvalue weighted by Gasteiger charge is -2.21. The van der Waals surface area contributed by atoms with Crippen LogP contribution < -0.4 is 15.5 Å². The highest BCUT2D eigenvalue weighted by molar-refractivity contribution is 5.86. The summed E-state index contributed by atoms with van der Waals surface area (Å²) in [5.74, 6) is -0.716. The van der Waals surface area contributed by atoms with Crippen molar-refractivity contribution in [2.75, 3.05) is 38.6 Å². The number of likely N-dealkylation sites (N-methyl/N-ethyl adjacent to an activating group) is 1. The van der Waals surface area contributed by atoms with Gasteiger partial charge in [-0.05, 0) is 24.1 Å². The molecule has 2 N–H and O–H groups in total. The number of rotatable bonds is 6. The van der Waals surface area contributed by atoms with Crippen LogP contribution in [-0.2, 0) is 11.3 Å². The lowest BCUT2D eigenvalue weighted by molar-refractivity contribution is -0.127. The summed E-state index contributed by atoms with van der Waals surface area (Å²) in [6.45, 7) is 1.51. The number of para-hydroxylation sites is 1. The van der Waals surface area contributed by atoms with Crippen molar-refractivity contribution < 1.29 is 13.6 Å². The Hall–Kier alpha value is -3.16. The summed E-state index contributed by atoms with van der Waals surface area (Å²) < 4.78 is 28.2. The van der Waals surface area contributed by atoms with Crippen LogP contribution in [0.25, 0.3) is 0 Å². The topological polar surface area (TPSA) is 60.0 Å². The number of benzene rings is 2. The SMILES string of the molecule is CN(C)C(=O)CNC(=NCc1ccccc1)NC1CCN(c2c(F)cccc2F)C1. The van der Waals surface area contributed by atoms with Crippen LogP contribution in [0, 0.1) is 11.6 Å². The van der Waals surface area contributed by atoms with E-state index in [0.717, 1.165) is 5.56 Å². The van der Waals surface area contributed by atoms with E-state index in [-0.39, 0.29) is 24.2 Å². The molecule has 160 valence electrons. The highest BCUT2D eigenvalue weighted by atomic mass is 19.1. The largest absolute Gasteiger partial charge is 0.365 e. The van der Waals surface area contributed by atoms with E-state index in [2.05, 4.69) is 15.6 Å². The quantitative estimate of drug-likeness (QED) is 0.562. The van der Waals surface area contributed by atoms with Gasteiger partial charge in [-0.15, -0.1) is 0 Å². The van der Waals surface area contributed by atoms with Crippen LogP contribution in [0.4, 0.5) is 14.5 Å². The predicted octanol–water partition coefficient (Wildman–Crippen LogP) is 2.37. The van der Waals surface area contributed by atoms with Crippen molar-refractivity contribution in [2.24, 2.45) is 4.99 Å². The fourth-order valence-electron chi connectivity index (χ4n) is 3.29. The molecular weight excluding hydrogens is 388 g/mol. The third-order valence-corrected chi connectivity index (χ3v) is 4.95. The minimum Gasteiger partial charge on any atom is -0.365 e. The van der Waals surface area contributed by atoms with Crippen LogP contribution >= 0.6 is 0 Å². The van der Waals surface area contributed by atoms with Crippen LogP contribution in [0.15, 0.2) is 53.5 Å². The molecule has 1 aliphatic rings. The first kappa shape index (κ1) is 21.5.